The summed E-state index contributed by atoms with van der Waals surface area (Å²) in [6.07, 6.45) is 0. The van der Waals surface area contributed by atoms with Gasteiger partial charge < -0.3 is 4.90 Å². The van der Waals surface area contributed by atoms with Crippen LogP contribution in [0.2, 0.25) is 5.02 Å². The van der Waals surface area contributed by atoms with Gasteiger partial charge in [-0.05, 0) is 82.9 Å². The minimum atomic E-state index is 0.747. The van der Waals surface area contributed by atoms with Gasteiger partial charge in [0.25, 0.3) is 0 Å². The van der Waals surface area contributed by atoms with Crippen molar-refractivity contribution in [3.05, 3.63) is 151 Å². The van der Waals surface area contributed by atoms with E-state index in [0.717, 1.165) is 33.2 Å². The second-order valence-electron chi connectivity index (χ2n) is 9.58. The van der Waals surface area contributed by atoms with Gasteiger partial charge in [-0.15, -0.1) is 11.3 Å². The van der Waals surface area contributed by atoms with Crippen LogP contribution in [-0.2, 0) is 0 Å². The third kappa shape index (κ3) is 4.59. The van der Waals surface area contributed by atoms with Gasteiger partial charge in [-0.25, -0.2) is 0 Å². The van der Waals surface area contributed by atoms with Crippen molar-refractivity contribution in [1.82, 2.24) is 0 Å². The Morgan fingerprint density at radius 1 is 0.410 bits per heavy atom. The van der Waals surface area contributed by atoms with Gasteiger partial charge in [0.05, 0.1) is 0 Å². The van der Waals surface area contributed by atoms with Gasteiger partial charge in [0.1, 0.15) is 0 Å². The number of hydrogen-bond donors (Lipinski definition) is 0. The molecule has 0 aliphatic carbocycles. The Morgan fingerprint density at radius 3 is 1.54 bits per heavy atom. The standard InChI is InChI=1S/C36H24ClNS/c37-29-16-10-26(11-17-29)28-14-20-31(21-15-28)38(30-18-12-27(13-19-30)25-6-2-1-3-7-25)32-22-23-36-34(24-32)33-8-4-5-9-35(33)39-36/h1-24H. The quantitative estimate of drug-likeness (QED) is 0.211. The van der Waals surface area contributed by atoms with E-state index in [1.54, 1.807) is 0 Å². The number of fused-ring (bicyclic) bond motifs is 3. The smallest absolute Gasteiger partial charge is 0.0468 e. The summed E-state index contributed by atoms with van der Waals surface area (Å²) in [5, 5.41) is 3.34. The van der Waals surface area contributed by atoms with E-state index < -0.39 is 0 Å². The molecule has 0 unspecified atom stereocenters. The summed E-state index contributed by atoms with van der Waals surface area (Å²) < 4.78 is 2.62. The van der Waals surface area contributed by atoms with Crippen LogP contribution in [0.4, 0.5) is 17.1 Å². The number of halogens is 1. The lowest BCUT2D eigenvalue weighted by Crippen LogP contribution is -2.09. The maximum Gasteiger partial charge on any atom is 0.0468 e. The van der Waals surface area contributed by atoms with Gasteiger partial charge in [0.15, 0.2) is 0 Å². The minimum absolute atomic E-state index is 0.747. The van der Waals surface area contributed by atoms with Gasteiger partial charge in [0.2, 0.25) is 0 Å². The molecule has 0 amide bonds. The monoisotopic (exact) mass is 537 g/mol. The zero-order valence-corrected chi connectivity index (χ0v) is 22.7. The summed E-state index contributed by atoms with van der Waals surface area (Å²) in [5.74, 6) is 0. The Kier molecular flexibility index (Phi) is 6.13. The van der Waals surface area contributed by atoms with Gasteiger partial charge >= 0.3 is 0 Å². The first kappa shape index (κ1) is 23.7. The van der Waals surface area contributed by atoms with Crippen molar-refractivity contribution in [2.24, 2.45) is 0 Å². The number of rotatable bonds is 5. The summed E-state index contributed by atoms with van der Waals surface area (Å²) in [6, 6.07) is 51.6. The van der Waals surface area contributed by atoms with E-state index in [1.165, 1.54) is 31.3 Å². The maximum atomic E-state index is 6.12. The van der Waals surface area contributed by atoms with Crippen molar-refractivity contribution >= 4 is 60.2 Å². The highest BCUT2D eigenvalue weighted by Gasteiger charge is 2.15. The molecule has 0 atom stereocenters. The molecule has 1 nitrogen and oxygen atoms in total. The molecule has 186 valence electrons. The average molecular weight is 538 g/mol. The third-order valence-corrected chi connectivity index (χ3v) is 8.56. The highest BCUT2D eigenvalue weighted by atomic mass is 35.5. The third-order valence-electron chi connectivity index (χ3n) is 7.15. The van der Waals surface area contributed by atoms with Gasteiger partial charge in [-0.2, -0.15) is 0 Å². The molecule has 7 aromatic rings. The molecule has 3 heteroatoms. The van der Waals surface area contributed by atoms with Crippen LogP contribution in [0.1, 0.15) is 0 Å². The molecule has 6 aromatic carbocycles. The predicted octanol–water partition coefficient (Wildman–Crippen LogP) is 11.5. The van der Waals surface area contributed by atoms with Crippen molar-refractivity contribution in [2.45, 2.75) is 0 Å². The first-order chi connectivity index (χ1) is 19.2. The highest BCUT2D eigenvalue weighted by Crippen LogP contribution is 2.41. The number of thiophene rings is 1. The molecular weight excluding hydrogens is 514 g/mol. The molecular formula is C36H24ClNS. The molecule has 0 aliphatic rings. The van der Waals surface area contributed by atoms with E-state index in [0.29, 0.717) is 0 Å². The second-order valence-corrected chi connectivity index (χ2v) is 11.1. The molecule has 0 spiro atoms. The van der Waals surface area contributed by atoms with Crippen LogP contribution in [0.3, 0.4) is 0 Å². The lowest BCUT2D eigenvalue weighted by Gasteiger charge is -2.26. The predicted molar refractivity (Wildman–Crippen MR) is 170 cm³/mol. The van der Waals surface area contributed by atoms with Crippen LogP contribution >= 0.6 is 22.9 Å². The highest BCUT2D eigenvalue weighted by molar-refractivity contribution is 7.25. The first-order valence-corrected chi connectivity index (χ1v) is 14.2. The molecule has 1 heterocycles. The lowest BCUT2D eigenvalue weighted by atomic mass is 10.0. The largest absolute Gasteiger partial charge is 0.310 e. The molecule has 0 fully saturated rings. The molecule has 0 bridgehead atoms. The first-order valence-electron chi connectivity index (χ1n) is 13.0. The van der Waals surface area contributed by atoms with E-state index >= 15 is 0 Å². The number of nitrogens with zero attached hydrogens (tertiary/aromatic N) is 1. The normalized spacial score (nSPS) is 11.2. The van der Waals surface area contributed by atoms with Gasteiger partial charge in [-0.3, -0.25) is 0 Å². The Morgan fingerprint density at radius 2 is 0.897 bits per heavy atom. The summed E-state index contributed by atoms with van der Waals surface area (Å²) in [7, 11) is 0. The van der Waals surface area contributed by atoms with E-state index in [2.05, 4.69) is 138 Å². The Hall–Kier alpha value is -4.37. The molecule has 7 rings (SSSR count). The molecule has 1 aromatic heterocycles. The fourth-order valence-corrected chi connectivity index (χ4v) is 6.39. The van der Waals surface area contributed by atoms with Crippen molar-refractivity contribution in [2.75, 3.05) is 4.90 Å². The summed E-state index contributed by atoms with van der Waals surface area (Å²) in [6.45, 7) is 0. The Bertz CT molecular complexity index is 1890. The fourth-order valence-electron chi connectivity index (χ4n) is 5.18. The van der Waals surface area contributed by atoms with Crippen LogP contribution in [0.5, 0.6) is 0 Å². The van der Waals surface area contributed by atoms with Crippen LogP contribution in [0.25, 0.3) is 42.4 Å². The molecule has 0 saturated carbocycles. The van der Waals surface area contributed by atoms with Crippen LogP contribution in [-0.4, -0.2) is 0 Å². The summed E-state index contributed by atoms with van der Waals surface area (Å²) >= 11 is 7.96. The van der Waals surface area contributed by atoms with E-state index in [-0.39, 0.29) is 0 Å². The Balaban J connectivity index is 1.34. The second kappa shape index (κ2) is 10.1. The Labute approximate surface area is 237 Å². The fraction of sp³-hybridized carbons (Fsp3) is 0. The van der Waals surface area contributed by atoms with Crippen molar-refractivity contribution in [1.29, 1.82) is 0 Å². The van der Waals surface area contributed by atoms with Crippen molar-refractivity contribution in [3.8, 4) is 22.3 Å². The summed E-state index contributed by atoms with van der Waals surface area (Å²) in [4.78, 5) is 2.34. The van der Waals surface area contributed by atoms with Crippen molar-refractivity contribution < 1.29 is 0 Å². The zero-order chi connectivity index (χ0) is 26.2. The lowest BCUT2D eigenvalue weighted by molar-refractivity contribution is 1.29. The van der Waals surface area contributed by atoms with E-state index in [4.69, 9.17) is 11.6 Å². The molecule has 0 aliphatic heterocycles. The summed E-state index contributed by atoms with van der Waals surface area (Å²) in [5.41, 5.74) is 8.10. The van der Waals surface area contributed by atoms with Crippen LogP contribution in [0, 0.1) is 0 Å². The van der Waals surface area contributed by atoms with Crippen LogP contribution in [0.15, 0.2) is 146 Å². The van der Waals surface area contributed by atoms with Gasteiger partial charge in [0, 0.05) is 42.3 Å². The van der Waals surface area contributed by atoms with E-state index in [1.807, 2.05) is 23.5 Å². The van der Waals surface area contributed by atoms with Crippen LogP contribution < -0.4 is 4.90 Å². The molecule has 0 saturated heterocycles. The number of anilines is 3. The van der Waals surface area contributed by atoms with Gasteiger partial charge in [-0.1, -0.05) is 96.5 Å². The number of hydrogen-bond acceptors (Lipinski definition) is 2. The topological polar surface area (TPSA) is 3.24 Å². The number of benzene rings is 6. The molecule has 0 N–H and O–H groups in total. The van der Waals surface area contributed by atoms with E-state index in [9.17, 15) is 0 Å². The molecule has 0 radical (unpaired) electrons. The SMILES string of the molecule is Clc1ccc(-c2ccc(N(c3ccc(-c4ccccc4)cc3)c3ccc4sc5ccccc5c4c3)cc2)cc1. The average Bonchev–Trinajstić information content (AvgIpc) is 3.37. The van der Waals surface area contributed by atoms with Crippen molar-refractivity contribution in [3.63, 3.8) is 0 Å². The zero-order valence-electron chi connectivity index (χ0n) is 21.1. The molecule has 39 heavy (non-hydrogen) atoms. The minimum Gasteiger partial charge on any atom is -0.310 e. The maximum absolute atomic E-state index is 6.12.